The summed E-state index contributed by atoms with van der Waals surface area (Å²) in [5.41, 5.74) is 5.83. The second-order valence-corrected chi connectivity index (χ2v) is 6.68. The summed E-state index contributed by atoms with van der Waals surface area (Å²) < 4.78 is 6.02. The summed E-state index contributed by atoms with van der Waals surface area (Å²) in [5, 5.41) is 3.60. The van der Waals surface area contributed by atoms with Crippen LogP contribution in [-0.4, -0.2) is 4.98 Å². The largest absolute Gasteiger partial charge is 0.487 e. The Morgan fingerprint density at radius 2 is 1.65 bits per heavy atom. The highest BCUT2D eigenvalue weighted by Crippen LogP contribution is 2.26. The van der Waals surface area contributed by atoms with E-state index >= 15 is 0 Å². The summed E-state index contributed by atoms with van der Waals surface area (Å²) in [6.07, 6.45) is 1.79. The summed E-state index contributed by atoms with van der Waals surface area (Å²) >= 11 is 0. The highest BCUT2D eigenvalue weighted by Gasteiger charge is 2.09. The molecule has 0 saturated carbocycles. The first-order valence-corrected chi connectivity index (χ1v) is 9.04. The van der Waals surface area contributed by atoms with Gasteiger partial charge < -0.3 is 10.1 Å². The van der Waals surface area contributed by atoms with Crippen molar-refractivity contribution in [2.24, 2.45) is 0 Å². The highest BCUT2D eigenvalue weighted by atomic mass is 16.5. The van der Waals surface area contributed by atoms with Gasteiger partial charge in [-0.2, -0.15) is 0 Å². The van der Waals surface area contributed by atoms with Gasteiger partial charge in [0.2, 0.25) is 0 Å². The van der Waals surface area contributed by atoms with E-state index in [2.05, 4.69) is 67.5 Å². The van der Waals surface area contributed by atoms with Crippen molar-refractivity contribution in [3.05, 3.63) is 94.8 Å². The Morgan fingerprint density at radius 3 is 2.31 bits per heavy atom. The third kappa shape index (κ3) is 4.70. The minimum atomic E-state index is 0.317. The van der Waals surface area contributed by atoms with Crippen molar-refractivity contribution < 1.29 is 4.74 Å². The summed E-state index contributed by atoms with van der Waals surface area (Å²) in [4.78, 5) is 4.31. The van der Waals surface area contributed by atoms with Gasteiger partial charge in [-0.05, 0) is 55.2 Å². The van der Waals surface area contributed by atoms with Crippen molar-refractivity contribution in [3.8, 4) is 5.75 Å². The van der Waals surface area contributed by atoms with Crippen LogP contribution in [0.25, 0.3) is 0 Å². The average molecular weight is 346 g/mol. The van der Waals surface area contributed by atoms with E-state index in [-0.39, 0.29) is 0 Å². The molecule has 0 spiro atoms. The van der Waals surface area contributed by atoms with Crippen molar-refractivity contribution in [1.82, 2.24) is 10.3 Å². The van der Waals surface area contributed by atoms with Crippen LogP contribution in [0.5, 0.6) is 5.75 Å². The lowest BCUT2D eigenvalue weighted by molar-refractivity contribution is 0.297. The summed E-state index contributed by atoms with van der Waals surface area (Å²) in [6.45, 7) is 7.72. The zero-order chi connectivity index (χ0) is 18.4. The van der Waals surface area contributed by atoms with E-state index in [9.17, 15) is 0 Å². The van der Waals surface area contributed by atoms with E-state index in [0.717, 1.165) is 29.1 Å². The molecule has 1 unspecified atom stereocenters. The molecule has 0 bridgehead atoms. The summed E-state index contributed by atoms with van der Waals surface area (Å²) in [5.74, 6) is 0.954. The fraction of sp³-hybridized carbons (Fsp3) is 0.261. The van der Waals surface area contributed by atoms with Gasteiger partial charge in [-0.15, -0.1) is 0 Å². The van der Waals surface area contributed by atoms with Crippen molar-refractivity contribution in [2.45, 2.75) is 40.0 Å². The first-order chi connectivity index (χ1) is 12.6. The average Bonchev–Trinajstić information content (AvgIpc) is 2.67. The number of nitrogens with zero attached hydrogens (tertiary/aromatic N) is 1. The number of nitrogens with one attached hydrogen (secondary N) is 1. The zero-order valence-corrected chi connectivity index (χ0v) is 15.7. The molecule has 0 aliphatic carbocycles. The highest BCUT2D eigenvalue weighted by molar-refractivity contribution is 5.43. The molecule has 0 saturated heterocycles. The predicted octanol–water partition coefficient (Wildman–Crippen LogP) is 5.13. The third-order valence-corrected chi connectivity index (χ3v) is 4.52. The molecule has 1 heterocycles. The van der Waals surface area contributed by atoms with Gasteiger partial charge in [-0.25, -0.2) is 0 Å². The molecule has 1 atom stereocenters. The molecule has 0 aliphatic rings. The fourth-order valence-corrected chi connectivity index (χ4v) is 3.13. The molecule has 3 aromatic rings. The van der Waals surface area contributed by atoms with E-state index in [1.807, 2.05) is 24.3 Å². The van der Waals surface area contributed by atoms with Gasteiger partial charge in [0.05, 0.1) is 5.69 Å². The lowest BCUT2D eigenvalue weighted by Crippen LogP contribution is -2.18. The maximum Gasteiger partial charge on any atom is 0.130 e. The van der Waals surface area contributed by atoms with Gasteiger partial charge >= 0.3 is 0 Å². The van der Waals surface area contributed by atoms with Crippen LogP contribution in [0, 0.1) is 13.8 Å². The van der Waals surface area contributed by atoms with Crippen molar-refractivity contribution in [1.29, 1.82) is 0 Å². The standard InChI is InChI=1S/C23H26N2O/c1-17-13-20(15-25-19(3)21-9-5-4-6-10-21)14-18(2)23(17)26-16-22-11-7-8-12-24-22/h4-14,19,25H,15-16H2,1-3H3. The smallest absolute Gasteiger partial charge is 0.130 e. The van der Waals surface area contributed by atoms with E-state index in [1.165, 1.54) is 11.1 Å². The number of hydrogen-bond donors (Lipinski definition) is 1. The maximum absolute atomic E-state index is 6.02. The van der Waals surface area contributed by atoms with Crippen LogP contribution in [0.1, 0.15) is 40.9 Å². The molecule has 3 rings (SSSR count). The van der Waals surface area contributed by atoms with Crippen LogP contribution in [0.3, 0.4) is 0 Å². The number of pyridine rings is 1. The summed E-state index contributed by atoms with van der Waals surface area (Å²) in [7, 11) is 0. The zero-order valence-electron chi connectivity index (χ0n) is 15.7. The second kappa shape index (κ2) is 8.63. The molecule has 3 nitrogen and oxygen atoms in total. The van der Waals surface area contributed by atoms with Gasteiger partial charge in [0, 0.05) is 18.8 Å². The van der Waals surface area contributed by atoms with Crippen molar-refractivity contribution in [2.75, 3.05) is 0 Å². The summed E-state index contributed by atoms with van der Waals surface area (Å²) in [6, 6.07) is 21.1. The number of aromatic nitrogens is 1. The van der Waals surface area contributed by atoms with Gasteiger partial charge in [0.15, 0.2) is 0 Å². The Bertz CT molecular complexity index is 808. The minimum Gasteiger partial charge on any atom is -0.487 e. The van der Waals surface area contributed by atoms with Gasteiger partial charge in [-0.1, -0.05) is 48.5 Å². The lowest BCUT2D eigenvalue weighted by Gasteiger charge is -2.17. The fourth-order valence-electron chi connectivity index (χ4n) is 3.13. The number of rotatable bonds is 7. The van der Waals surface area contributed by atoms with E-state index in [1.54, 1.807) is 6.20 Å². The Hall–Kier alpha value is -2.65. The molecule has 1 N–H and O–H groups in total. The first kappa shape index (κ1) is 18.2. The molecule has 0 radical (unpaired) electrons. The predicted molar refractivity (Wildman–Crippen MR) is 106 cm³/mol. The van der Waals surface area contributed by atoms with Gasteiger partial charge in [0.1, 0.15) is 12.4 Å². The molecule has 2 aromatic carbocycles. The Morgan fingerprint density at radius 1 is 0.962 bits per heavy atom. The lowest BCUT2D eigenvalue weighted by atomic mass is 10.0. The molecule has 0 amide bonds. The molecular weight excluding hydrogens is 320 g/mol. The molecule has 0 fully saturated rings. The van der Waals surface area contributed by atoms with Crippen molar-refractivity contribution >= 4 is 0 Å². The van der Waals surface area contributed by atoms with Crippen LogP contribution >= 0.6 is 0 Å². The number of aryl methyl sites for hydroxylation is 2. The van der Waals surface area contributed by atoms with Crippen LogP contribution in [0.4, 0.5) is 0 Å². The Kier molecular flexibility index (Phi) is 6.03. The van der Waals surface area contributed by atoms with Crippen molar-refractivity contribution in [3.63, 3.8) is 0 Å². The number of benzene rings is 2. The molecule has 26 heavy (non-hydrogen) atoms. The molecule has 0 aliphatic heterocycles. The van der Waals surface area contributed by atoms with Crippen LogP contribution in [-0.2, 0) is 13.2 Å². The Labute approximate surface area is 156 Å². The molecule has 134 valence electrons. The third-order valence-electron chi connectivity index (χ3n) is 4.52. The molecule has 1 aromatic heterocycles. The first-order valence-electron chi connectivity index (χ1n) is 9.04. The Balaban J connectivity index is 1.63. The van der Waals surface area contributed by atoms with Crippen LogP contribution in [0.15, 0.2) is 66.9 Å². The van der Waals surface area contributed by atoms with Crippen LogP contribution < -0.4 is 10.1 Å². The molecule has 3 heteroatoms. The van der Waals surface area contributed by atoms with Gasteiger partial charge in [-0.3, -0.25) is 4.98 Å². The number of hydrogen-bond acceptors (Lipinski definition) is 3. The van der Waals surface area contributed by atoms with Crippen LogP contribution in [0.2, 0.25) is 0 Å². The van der Waals surface area contributed by atoms with E-state index in [0.29, 0.717) is 12.6 Å². The monoisotopic (exact) mass is 346 g/mol. The molecular formula is C23H26N2O. The normalized spacial score (nSPS) is 12.0. The van der Waals surface area contributed by atoms with Gasteiger partial charge in [0.25, 0.3) is 0 Å². The minimum absolute atomic E-state index is 0.317. The van der Waals surface area contributed by atoms with E-state index < -0.39 is 0 Å². The number of ether oxygens (including phenoxy) is 1. The van der Waals surface area contributed by atoms with E-state index in [4.69, 9.17) is 4.74 Å². The quantitative estimate of drug-likeness (QED) is 0.644. The maximum atomic E-state index is 6.02. The topological polar surface area (TPSA) is 34.1 Å². The second-order valence-electron chi connectivity index (χ2n) is 6.68. The SMILES string of the molecule is Cc1cc(CNC(C)c2ccccc2)cc(C)c1OCc1ccccn1.